The highest BCUT2D eigenvalue weighted by molar-refractivity contribution is 6.23. The van der Waals surface area contributed by atoms with E-state index in [1.54, 1.807) is 24.8 Å². The van der Waals surface area contributed by atoms with Crippen molar-refractivity contribution in [2.45, 2.75) is 44.9 Å². The lowest BCUT2D eigenvalue weighted by atomic mass is 10.0. The highest BCUT2D eigenvalue weighted by Crippen LogP contribution is 2.27. The third-order valence-corrected chi connectivity index (χ3v) is 4.97. The molecule has 0 aliphatic heterocycles. The maximum Gasteiger partial charge on any atom is 0.356 e. The van der Waals surface area contributed by atoms with Gasteiger partial charge in [-0.2, -0.15) is 5.10 Å². The smallest absolute Gasteiger partial charge is 0.356 e. The predicted molar refractivity (Wildman–Crippen MR) is 117 cm³/mol. The summed E-state index contributed by atoms with van der Waals surface area (Å²) in [5.74, 6) is 0.364. The number of hydrogen-bond donors (Lipinski definition) is 0. The van der Waals surface area contributed by atoms with Crippen molar-refractivity contribution in [2.24, 2.45) is 0 Å². The molecule has 1 aromatic carbocycles. The van der Waals surface area contributed by atoms with E-state index in [0.717, 1.165) is 16.9 Å². The molecule has 2 aromatic rings. The van der Waals surface area contributed by atoms with Crippen LogP contribution in [-0.4, -0.2) is 47.1 Å². The Labute approximate surface area is 182 Å². The summed E-state index contributed by atoms with van der Waals surface area (Å²) in [6.45, 7) is 6.45. The summed E-state index contributed by atoms with van der Waals surface area (Å²) in [7, 11) is 1.62. The van der Waals surface area contributed by atoms with E-state index in [-0.39, 0.29) is 17.6 Å². The van der Waals surface area contributed by atoms with Crippen LogP contribution in [0.2, 0.25) is 0 Å². The van der Waals surface area contributed by atoms with Crippen LogP contribution in [0.5, 0.6) is 5.75 Å². The summed E-state index contributed by atoms with van der Waals surface area (Å²) in [5, 5.41) is 4.35. The largest absolute Gasteiger partial charge is 0.497 e. The first-order valence-corrected chi connectivity index (χ1v) is 10.4. The SMILES string of the molecule is CCOC(=O)c1cc(C2=CC(Cl)C(OC(C)C)C=C2)nn1Cc1ccc(OC)cc1. The molecule has 160 valence electrons. The van der Waals surface area contributed by atoms with Crippen LogP contribution in [0, 0.1) is 0 Å². The van der Waals surface area contributed by atoms with E-state index in [1.807, 2.05) is 56.3 Å². The quantitative estimate of drug-likeness (QED) is 0.456. The Balaban J connectivity index is 1.88. The minimum Gasteiger partial charge on any atom is -0.497 e. The summed E-state index contributed by atoms with van der Waals surface area (Å²) in [5.41, 5.74) is 2.89. The molecule has 1 aliphatic rings. The molecule has 0 radical (unpaired) electrons. The lowest BCUT2D eigenvalue weighted by Crippen LogP contribution is -2.26. The van der Waals surface area contributed by atoms with Gasteiger partial charge >= 0.3 is 5.97 Å². The van der Waals surface area contributed by atoms with Gasteiger partial charge in [0.15, 0.2) is 0 Å². The predicted octanol–water partition coefficient (Wildman–Crippen LogP) is 4.47. The number of allylic oxidation sites excluding steroid dienone is 2. The van der Waals surface area contributed by atoms with Crippen molar-refractivity contribution in [2.75, 3.05) is 13.7 Å². The van der Waals surface area contributed by atoms with Gasteiger partial charge in [0.1, 0.15) is 11.4 Å². The lowest BCUT2D eigenvalue weighted by molar-refractivity contribution is 0.0388. The average Bonchev–Trinajstić information content (AvgIpc) is 3.14. The minimum absolute atomic E-state index is 0.0787. The number of alkyl halides is 1. The van der Waals surface area contributed by atoms with Crippen LogP contribution in [0.3, 0.4) is 0 Å². The molecule has 2 unspecified atom stereocenters. The molecular weight excluding hydrogens is 404 g/mol. The molecule has 30 heavy (non-hydrogen) atoms. The van der Waals surface area contributed by atoms with Crippen molar-refractivity contribution < 1.29 is 19.0 Å². The zero-order valence-electron chi connectivity index (χ0n) is 17.7. The Kier molecular flexibility index (Phi) is 7.34. The van der Waals surface area contributed by atoms with Gasteiger partial charge in [-0.3, -0.25) is 4.68 Å². The topological polar surface area (TPSA) is 62.6 Å². The van der Waals surface area contributed by atoms with Gasteiger partial charge in [-0.25, -0.2) is 4.79 Å². The first-order chi connectivity index (χ1) is 14.4. The molecule has 0 saturated carbocycles. The average molecular weight is 431 g/mol. The van der Waals surface area contributed by atoms with Gasteiger partial charge in [0.05, 0.1) is 43.5 Å². The van der Waals surface area contributed by atoms with Crippen molar-refractivity contribution in [3.8, 4) is 5.75 Å². The summed E-state index contributed by atoms with van der Waals surface area (Å²) < 4.78 is 17.9. The fraction of sp³-hybridized carbons (Fsp3) is 0.391. The van der Waals surface area contributed by atoms with Gasteiger partial charge in [0, 0.05) is 0 Å². The van der Waals surface area contributed by atoms with E-state index >= 15 is 0 Å². The van der Waals surface area contributed by atoms with E-state index in [0.29, 0.717) is 24.5 Å². The summed E-state index contributed by atoms with van der Waals surface area (Å²) >= 11 is 6.50. The van der Waals surface area contributed by atoms with Gasteiger partial charge < -0.3 is 14.2 Å². The number of nitrogens with zero attached hydrogens (tertiary/aromatic N) is 2. The maximum atomic E-state index is 12.5. The first kappa shape index (κ1) is 22.1. The molecule has 0 amide bonds. The van der Waals surface area contributed by atoms with Gasteiger partial charge in [0.25, 0.3) is 0 Å². The number of aromatic nitrogens is 2. The van der Waals surface area contributed by atoms with Crippen molar-refractivity contribution in [1.29, 1.82) is 0 Å². The van der Waals surface area contributed by atoms with E-state index < -0.39 is 5.97 Å². The number of methoxy groups -OCH3 is 1. The van der Waals surface area contributed by atoms with Crippen LogP contribution < -0.4 is 4.74 Å². The molecule has 1 heterocycles. The van der Waals surface area contributed by atoms with Gasteiger partial charge in [-0.15, -0.1) is 11.6 Å². The molecule has 0 N–H and O–H groups in total. The van der Waals surface area contributed by atoms with Gasteiger partial charge in [-0.1, -0.05) is 30.4 Å². The Morgan fingerprint density at radius 1 is 1.27 bits per heavy atom. The molecule has 1 aromatic heterocycles. The fourth-order valence-electron chi connectivity index (χ4n) is 3.18. The van der Waals surface area contributed by atoms with Crippen LogP contribution >= 0.6 is 11.6 Å². The molecule has 7 heteroatoms. The second-order valence-electron chi connectivity index (χ2n) is 7.22. The van der Waals surface area contributed by atoms with Crippen molar-refractivity contribution in [3.63, 3.8) is 0 Å². The fourth-order valence-corrected chi connectivity index (χ4v) is 3.46. The molecule has 6 nitrogen and oxygen atoms in total. The third kappa shape index (κ3) is 5.32. The van der Waals surface area contributed by atoms with Crippen LogP contribution in [0.15, 0.2) is 48.6 Å². The minimum atomic E-state index is -0.409. The molecule has 0 fully saturated rings. The van der Waals surface area contributed by atoms with Gasteiger partial charge in [0.2, 0.25) is 0 Å². The second kappa shape index (κ2) is 9.96. The Bertz CT molecular complexity index is 931. The van der Waals surface area contributed by atoms with Crippen molar-refractivity contribution in [3.05, 3.63) is 65.5 Å². The number of halogens is 1. The standard InChI is InChI=1S/C23H27ClN2O4/c1-5-29-23(27)21-13-20(17-8-11-22(19(24)12-17)30-15(2)3)25-26(21)14-16-6-9-18(28-4)10-7-16/h6-13,15,19,22H,5,14H2,1-4H3. The summed E-state index contributed by atoms with van der Waals surface area (Å²) in [6, 6.07) is 9.38. The molecule has 0 bridgehead atoms. The molecular formula is C23H27ClN2O4. The number of esters is 1. The van der Waals surface area contributed by atoms with Crippen LogP contribution in [-0.2, 0) is 16.0 Å². The molecule has 0 saturated heterocycles. The van der Waals surface area contributed by atoms with Crippen LogP contribution in [0.1, 0.15) is 42.5 Å². The van der Waals surface area contributed by atoms with E-state index in [9.17, 15) is 4.79 Å². The second-order valence-corrected chi connectivity index (χ2v) is 7.72. The highest BCUT2D eigenvalue weighted by atomic mass is 35.5. The summed E-state index contributed by atoms with van der Waals surface area (Å²) in [4.78, 5) is 12.5. The number of rotatable bonds is 8. The Hall–Kier alpha value is -2.57. The monoisotopic (exact) mass is 430 g/mol. The Morgan fingerprint density at radius 2 is 2.00 bits per heavy atom. The van der Waals surface area contributed by atoms with E-state index in [1.165, 1.54) is 0 Å². The van der Waals surface area contributed by atoms with Crippen molar-refractivity contribution >= 4 is 23.1 Å². The number of carbonyl (C=O) groups excluding carboxylic acids is 1. The number of hydrogen-bond acceptors (Lipinski definition) is 5. The lowest BCUT2D eigenvalue weighted by Gasteiger charge is -2.23. The maximum absolute atomic E-state index is 12.5. The zero-order valence-corrected chi connectivity index (χ0v) is 18.4. The first-order valence-electron chi connectivity index (χ1n) is 9.99. The molecule has 3 rings (SSSR count). The molecule has 0 spiro atoms. The number of ether oxygens (including phenoxy) is 3. The zero-order chi connectivity index (χ0) is 21.7. The van der Waals surface area contributed by atoms with Crippen LogP contribution in [0.25, 0.3) is 5.57 Å². The van der Waals surface area contributed by atoms with E-state index in [2.05, 4.69) is 5.10 Å². The van der Waals surface area contributed by atoms with Gasteiger partial charge in [-0.05, 0) is 50.1 Å². The third-order valence-electron chi connectivity index (χ3n) is 4.60. The Morgan fingerprint density at radius 3 is 2.60 bits per heavy atom. The number of carbonyl (C=O) groups is 1. The normalized spacial score (nSPS) is 18.4. The van der Waals surface area contributed by atoms with Crippen LogP contribution in [0.4, 0.5) is 0 Å². The van der Waals surface area contributed by atoms with Crippen molar-refractivity contribution in [1.82, 2.24) is 9.78 Å². The molecule has 2 atom stereocenters. The summed E-state index contributed by atoms with van der Waals surface area (Å²) in [6.07, 6.45) is 5.65. The number of benzene rings is 1. The van der Waals surface area contributed by atoms with E-state index in [4.69, 9.17) is 25.8 Å². The molecule has 1 aliphatic carbocycles. The highest BCUT2D eigenvalue weighted by Gasteiger charge is 2.24.